The number of carbonyl (C=O) groups is 1. The average Bonchev–Trinajstić information content (AvgIpc) is 3.28. The highest BCUT2D eigenvalue weighted by molar-refractivity contribution is 7.22. The van der Waals surface area contributed by atoms with Crippen LogP contribution in [0.3, 0.4) is 0 Å². The molecule has 4 rings (SSSR count). The number of amides is 1. The Kier molecular flexibility index (Phi) is 4.41. The van der Waals surface area contributed by atoms with Gasteiger partial charge in [0.1, 0.15) is 0 Å². The maximum atomic E-state index is 12.7. The molecule has 27 heavy (non-hydrogen) atoms. The van der Waals surface area contributed by atoms with Crippen LogP contribution in [0.4, 0.5) is 5.13 Å². The zero-order valence-corrected chi connectivity index (χ0v) is 16.0. The second kappa shape index (κ2) is 6.88. The Hall–Kier alpha value is -3.13. The van der Waals surface area contributed by atoms with E-state index >= 15 is 0 Å². The van der Waals surface area contributed by atoms with E-state index in [1.807, 2.05) is 45.0 Å². The van der Waals surface area contributed by atoms with Gasteiger partial charge in [-0.15, -0.1) is 5.10 Å². The SMILES string of the molecule is Cc1ccc2nc(NC(=O)c3cccc(-c4nnnn4C(C)C)c3)sc2c1. The van der Waals surface area contributed by atoms with E-state index in [9.17, 15) is 4.79 Å². The molecular weight excluding hydrogens is 360 g/mol. The second-order valence-electron chi connectivity index (χ2n) is 6.57. The molecule has 136 valence electrons. The third kappa shape index (κ3) is 3.43. The van der Waals surface area contributed by atoms with Crippen LogP contribution < -0.4 is 5.32 Å². The molecule has 0 aliphatic carbocycles. The van der Waals surface area contributed by atoms with Gasteiger partial charge in [0.15, 0.2) is 11.0 Å². The van der Waals surface area contributed by atoms with Crippen molar-refractivity contribution in [3.05, 3.63) is 53.6 Å². The topological polar surface area (TPSA) is 85.6 Å². The van der Waals surface area contributed by atoms with Crippen molar-refractivity contribution in [3.63, 3.8) is 0 Å². The summed E-state index contributed by atoms with van der Waals surface area (Å²) in [5.41, 5.74) is 3.37. The van der Waals surface area contributed by atoms with Crippen LogP contribution in [0.2, 0.25) is 0 Å². The number of hydrogen-bond acceptors (Lipinski definition) is 6. The molecule has 2 heterocycles. The second-order valence-corrected chi connectivity index (χ2v) is 7.60. The summed E-state index contributed by atoms with van der Waals surface area (Å²) in [4.78, 5) is 17.2. The number of nitrogens with zero attached hydrogens (tertiary/aromatic N) is 5. The highest BCUT2D eigenvalue weighted by Crippen LogP contribution is 2.27. The minimum absolute atomic E-state index is 0.124. The maximum absolute atomic E-state index is 12.7. The van der Waals surface area contributed by atoms with Gasteiger partial charge in [-0.25, -0.2) is 9.67 Å². The van der Waals surface area contributed by atoms with E-state index < -0.39 is 0 Å². The number of thiazole rings is 1. The van der Waals surface area contributed by atoms with Gasteiger partial charge in [-0.1, -0.05) is 29.5 Å². The number of carbonyl (C=O) groups excluding carboxylic acids is 1. The van der Waals surface area contributed by atoms with E-state index in [-0.39, 0.29) is 11.9 Å². The number of rotatable bonds is 4. The summed E-state index contributed by atoms with van der Waals surface area (Å²) in [7, 11) is 0. The molecule has 0 saturated carbocycles. The number of tetrazole rings is 1. The van der Waals surface area contributed by atoms with E-state index in [4.69, 9.17) is 0 Å². The monoisotopic (exact) mass is 378 g/mol. The molecule has 4 aromatic rings. The number of nitrogens with one attached hydrogen (secondary N) is 1. The van der Waals surface area contributed by atoms with Gasteiger partial charge in [-0.3, -0.25) is 10.1 Å². The lowest BCUT2D eigenvalue weighted by atomic mass is 10.1. The van der Waals surface area contributed by atoms with Gasteiger partial charge >= 0.3 is 0 Å². The van der Waals surface area contributed by atoms with Gasteiger partial charge in [0.05, 0.1) is 16.3 Å². The van der Waals surface area contributed by atoms with Crippen molar-refractivity contribution in [1.82, 2.24) is 25.2 Å². The van der Waals surface area contributed by atoms with E-state index in [2.05, 4.69) is 31.9 Å². The van der Waals surface area contributed by atoms with Crippen LogP contribution in [0.1, 0.15) is 35.8 Å². The highest BCUT2D eigenvalue weighted by atomic mass is 32.1. The average molecular weight is 378 g/mol. The summed E-state index contributed by atoms with van der Waals surface area (Å²) in [5, 5.41) is 15.3. The molecule has 0 fully saturated rings. The van der Waals surface area contributed by atoms with Gasteiger partial charge in [0.2, 0.25) is 0 Å². The summed E-state index contributed by atoms with van der Waals surface area (Å²) < 4.78 is 2.78. The minimum atomic E-state index is -0.212. The van der Waals surface area contributed by atoms with Crippen LogP contribution in [0.15, 0.2) is 42.5 Å². The molecule has 1 N–H and O–H groups in total. The number of fused-ring (bicyclic) bond motifs is 1. The molecule has 0 saturated heterocycles. The lowest BCUT2D eigenvalue weighted by Gasteiger charge is -2.08. The van der Waals surface area contributed by atoms with Crippen LogP contribution >= 0.6 is 11.3 Å². The molecule has 0 atom stereocenters. The fourth-order valence-electron chi connectivity index (χ4n) is 2.79. The molecular formula is C19H18N6OS. The van der Waals surface area contributed by atoms with E-state index in [1.54, 1.807) is 16.8 Å². The molecule has 0 aliphatic rings. The van der Waals surface area contributed by atoms with Gasteiger partial charge in [-0.05, 0) is 61.0 Å². The quantitative estimate of drug-likeness (QED) is 0.578. The van der Waals surface area contributed by atoms with Crippen molar-refractivity contribution in [2.45, 2.75) is 26.8 Å². The standard InChI is InChI=1S/C19H18N6OS/c1-11(2)25-17(22-23-24-25)13-5-4-6-14(10-13)18(26)21-19-20-15-8-7-12(3)9-16(15)27-19/h4-11H,1-3H3,(H,20,21,26). The minimum Gasteiger partial charge on any atom is -0.298 e. The number of aryl methyl sites for hydroxylation is 1. The first-order valence-electron chi connectivity index (χ1n) is 8.58. The molecule has 2 aromatic carbocycles. The lowest BCUT2D eigenvalue weighted by Crippen LogP contribution is -2.12. The number of benzene rings is 2. The van der Waals surface area contributed by atoms with E-state index in [1.165, 1.54) is 16.9 Å². The Morgan fingerprint density at radius 3 is 2.85 bits per heavy atom. The number of hydrogen-bond donors (Lipinski definition) is 1. The molecule has 0 spiro atoms. The van der Waals surface area contributed by atoms with Crippen molar-refractivity contribution in [2.75, 3.05) is 5.32 Å². The van der Waals surface area contributed by atoms with Crippen molar-refractivity contribution in [2.24, 2.45) is 0 Å². The lowest BCUT2D eigenvalue weighted by molar-refractivity contribution is 0.102. The first-order valence-corrected chi connectivity index (χ1v) is 9.40. The smallest absolute Gasteiger partial charge is 0.257 e. The molecule has 0 aliphatic heterocycles. The van der Waals surface area contributed by atoms with Crippen molar-refractivity contribution in [1.29, 1.82) is 0 Å². The predicted octanol–water partition coefficient (Wildman–Crippen LogP) is 4.09. The van der Waals surface area contributed by atoms with Crippen LogP contribution in [0.25, 0.3) is 21.6 Å². The molecule has 8 heteroatoms. The predicted molar refractivity (Wildman–Crippen MR) is 106 cm³/mol. The fourth-order valence-corrected chi connectivity index (χ4v) is 3.74. The van der Waals surface area contributed by atoms with Gasteiger partial charge in [0.25, 0.3) is 5.91 Å². The Bertz CT molecular complexity index is 1130. The molecule has 0 unspecified atom stereocenters. The van der Waals surface area contributed by atoms with Gasteiger partial charge < -0.3 is 0 Å². The summed E-state index contributed by atoms with van der Waals surface area (Å²) >= 11 is 1.46. The molecule has 0 radical (unpaired) electrons. The Morgan fingerprint density at radius 2 is 2.04 bits per heavy atom. The molecule has 2 aromatic heterocycles. The molecule has 7 nitrogen and oxygen atoms in total. The normalized spacial score (nSPS) is 11.3. The largest absolute Gasteiger partial charge is 0.298 e. The van der Waals surface area contributed by atoms with Crippen LogP contribution in [-0.4, -0.2) is 31.1 Å². The Morgan fingerprint density at radius 1 is 1.19 bits per heavy atom. The van der Waals surface area contributed by atoms with E-state index in [0.29, 0.717) is 16.5 Å². The third-order valence-electron chi connectivity index (χ3n) is 4.13. The summed E-state index contributed by atoms with van der Waals surface area (Å²) in [5.74, 6) is 0.423. The third-order valence-corrected chi connectivity index (χ3v) is 5.06. The summed E-state index contributed by atoms with van der Waals surface area (Å²) in [6.07, 6.45) is 0. The first kappa shape index (κ1) is 17.3. The molecule has 1 amide bonds. The highest BCUT2D eigenvalue weighted by Gasteiger charge is 2.15. The zero-order chi connectivity index (χ0) is 19.0. The van der Waals surface area contributed by atoms with Gasteiger partial charge in [0, 0.05) is 11.1 Å². The van der Waals surface area contributed by atoms with Crippen molar-refractivity contribution < 1.29 is 4.79 Å². The van der Waals surface area contributed by atoms with E-state index in [0.717, 1.165) is 15.8 Å². The van der Waals surface area contributed by atoms with Crippen molar-refractivity contribution >= 4 is 32.6 Å². The first-order chi connectivity index (χ1) is 13.0. The van der Waals surface area contributed by atoms with Crippen molar-refractivity contribution in [3.8, 4) is 11.4 Å². The molecule has 0 bridgehead atoms. The number of aromatic nitrogens is 5. The fraction of sp³-hybridized carbons (Fsp3) is 0.211. The van der Waals surface area contributed by atoms with Crippen LogP contribution in [-0.2, 0) is 0 Å². The number of anilines is 1. The van der Waals surface area contributed by atoms with Gasteiger partial charge in [-0.2, -0.15) is 0 Å². The Labute approximate surface area is 160 Å². The zero-order valence-electron chi connectivity index (χ0n) is 15.2. The summed E-state index contributed by atoms with van der Waals surface area (Å²) in [6, 6.07) is 13.4. The maximum Gasteiger partial charge on any atom is 0.257 e. The van der Waals surface area contributed by atoms with Crippen LogP contribution in [0, 0.1) is 6.92 Å². The van der Waals surface area contributed by atoms with Crippen LogP contribution in [0.5, 0.6) is 0 Å². The Balaban J connectivity index is 1.61. The summed E-state index contributed by atoms with van der Waals surface area (Å²) in [6.45, 7) is 6.05.